The van der Waals surface area contributed by atoms with Crippen molar-refractivity contribution in [2.24, 2.45) is 0 Å². The predicted octanol–water partition coefficient (Wildman–Crippen LogP) is 3.27. The second kappa shape index (κ2) is 8.02. The summed E-state index contributed by atoms with van der Waals surface area (Å²) in [4.78, 5) is 12.0. The molecule has 6 nitrogen and oxygen atoms in total. The average Bonchev–Trinajstić information content (AvgIpc) is 3.28. The first-order chi connectivity index (χ1) is 12.2. The zero-order valence-corrected chi connectivity index (χ0v) is 15.0. The summed E-state index contributed by atoms with van der Waals surface area (Å²) in [5.74, 6) is 1.77. The minimum Gasteiger partial charge on any atom is -0.467 e. The Morgan fingerprint density at radius 3 is 2.72 bits per heavy atom. The fraction of sp³-hybridized carbons (Fsp3) is 0.278. The van der Waals surface area contributed by atoms with E-state index in [1.807, 2.05) is 29.7 Å². The number of benzene rings is 1. The highest BCUT2D eigenvalue weighted by molar-refractivity contribution is 7.99. The molecule has 3 aromatic rings. The zero-order valence-electron chi connectivity index (χ0n) is 14.2. The molecule has 1 N–H and O–H groups in total. The third kappa shape index (κ3) is 4.30. The van der Waals surface area contributed by atoms with E-state index in [4.69, 9.17) is 4.42 Å². The molecule has 3 rings (SSSR count). The Hall–Kier alpha value is -2.54. The van der Waals surface area contributed by atoms with E-state index in [0.717, 1.165) is 28.8 Å². The number of thioether (sulfide) groups is 1. The first-order valence-electron chi connectivity index (χ1n) is 8.09. The van der Waals surface area contributed by atoms with Crippen LogP contribution in [0.3, 0.4) is 0 Å². The van der Waals surface area contributed by atoms with Crippen LogP contribution in [0.15, 0.2) is 52.2 Å². The monoisotopic (exact) mass is 356 g/mol. The lowest BCUT2D eigenvalue weighted by atomic mass is 10.1. The summed E-state index contributed by atoms with van der Waals surface area (Å²) in [5, 5.41) is 12.1. The van der Waals surface area contributed by atoms with Crippen molar-refractivity contribution in [2.45, 2.75) is 32.1 Å². The molecule has 0 atom stereocenters. The van der Waals surface area contributed by atoms with Crippen LogP contribution in [0.2, 0.25) is 0 Å². The molecule has 0 aliphatic rings. The third-order valence-corrected chi connectivity index (χ3v) is 4.68. The quantitative estimate of drug-likeness (QED) is 0.658. The molecule has 0 radical (unpaired) electrons. The van der Waals surface area contributed by atoms with Gasteiger partial charge in [-0.3, -0.25) is 4.79 Å². The molecule has 2 heterocycles. The molecule has 7 heteroatoms. The largest absolute Gasteiger partial charge is 0.467 e. The van der Waals surface area contributed by atoms with Gasteiger partial charge in [-0.25, -0.2) is 0 Å². The van der Waals surface area contributed by atoms with E-state index >= 15 is 0 Å². The normalized spacial score (nSPS) is 10.8. The minimum atomic E-state index is -0.0658. The van der Waals surface area contributed by atoms with Crippen molar-refractivity contribution in [1.82, 2.24) is 20.1 Å². The standard InChI is InChI=1S/C18H20N4O2S/c1-3-22-17(14-8-6-13(2)7-9-14)20-21-18(22)25-12-16(23)19-11-15-5-4-10-24-15/h4-10H,3,11-12H2,1-2H3,(H,19,23). The van der Waals surface area contributed by atoms with Crippen molar-refractivity contribution in [3.8, 4) is 11.4 Å². The van der Waals surface area contributed by atoms with Crippen LogP contribution in [0.25, 0.3) is 11.4 Å². The van der Waals surface area contributed by atoms with Gasteiger partial charge in [0.2, 0.25) is 5.91 Å². The number of hydrogen-bond acceptors (Lipinski definition) is 5. The van der Waals surface area contributed by atoms with Crippen molar-refractivity contribution in [3.63, 3.8) is 0 Å². The summed E-state index contributed by atoms with van der Waals surface area (Å²) < 4.78 is 7.22. The number of furan rings is 1. The van der Waals surface area contributed by atoms with Crippen LogP contribution in [0.5, 0.6) is 0 Å². The van der Waals surface area contributed by atoms with Gasteiger partial charge in [0.05, 0.1) is 18.6 Å². The van der Waals surface area contributed by atoms with Gasteiger partial charge in [-0.05, 0) is 26.0 Å². The van der Waals surface area contributed by atoms with E-state index in [9.17, 15) is 4.79 Å². The molecule has 0 aliphatic heterocycles. The predicted molar refractivity (Wildman–Crippen MR) is 97.1 cm³/mol. The number of rotatable bonds is 7. The molecule has 1 aromatic carbocycles. The average molecular weight is 356 g/mol. The molecule has 2 aromatic heterocycles. The Bertz CT molecular complexity index is 825. The van der Waals surface area contributed by atoms with Gasteiger partial charge in [0, 0.05) is 12.1 Å². The molecular weight excluding hydrogens is 336 g/mol. The van der Waals surface area contributed by atoms with E-state index in [2.05, 4.69) is 34.6 Å². The molecule has 0 saturated carbocycles. The molecule has 0 fully saturated rings. The third-order valence-electron chi connectivity index (χ3n) is 3.72. The van der Waals surface area contributed by atoms with Crippen LogP contribution in [-0.4, -0.2) is 26.4 Å². The number of carbonyl (C=O) groups excluding carboxylic acids is 1. The van der Waals surface area contributed by atoms with Crippen LogP contribution in [-0.2, 0) is 17.9 Å². The number of nitrogens with zero attached hydrogens (tertiary/aromatic N) is 3. The van der Waals surface area contributed by atoms with Crippen molar-refractivity contribution >= 4 is 17.7 Å². The summed E-state index contributed by atoms with van der Waals surface area (Å²) in [6.07, 6.45) is 1.59. The molecule has 0 aliphatic carbocycles. The molecule has 130 valence electrons. The summed E-state index contributed by atoms with van der Waals surface area (Å²) >= 11 is 1.38. The molecule has 0 bridgehead atoms. The van der Waals surface area contributed by atoms with Crippen LogP contribution in [0.4, 0.5) is 0 Å². The number of aryl methyl sites for hydroxylation is 1. The maximum Gasteiger partial charge on any atom is 0.230 e. The highest BCUT2D eigenvalue weighted by atomic mass is 32.2. The minimum absolute atomic E-state index is 0.0658. The van der Waals surface area contributed by atoms with Crippen LogP contribution in [0, 0.1) is 6.92 Å². The van der Waals surface area contributed by atoms with E-state index in [-0.39, 0.29) is 11.7 Å². The van der Waals surface area contributed by atoms with Gasteiger partial charge in [0.25, 0.3) is 0 Å². The van der Waals surface area contributed by atoms with Gasteiger partial charge >= 0.3 is 0 Å². The Morgan fingerprint density at radius 1 is 1.24 bits per heavy atom. The maximum atomic E-state index is 12.0. The van der Waals surface area contributed by atoms with Crippen LogP contribution < -0.4 is 5.32 Å². The lowest BCUT2D eigenvalue weighted by Crippen LogP contribution is -2.24. The van der Waals surface area contributed by atoms with Gasteiger partial charge in [0.1, 0.15) is 5.76 Å². The van der Waals surface area contributed by atoms with Gasteiger partial charge in [-0.15, -0.1) is 10.2 Å². The fourth-order valence-electron chi connectivity index (χ4n) is 2.38. The van der Waals surface area contributed by atoms with E-state index in [0.29, 0.717) is 6.54 Å². The molecule has 0 unspecified atom stereocenters. The summed E-state index contributed by atoms with van der Waals surface area (Å²) in [6, 6.07) is 11.8. The van der Waals surface area contributed by atoms with Crippen molar-refractivity contribution < 1.29 is 9.21 Å². The fourth-order valence-corrected chi connectivity index (χ4v) is 3.21. The van der Waals surface area contributed by atoms with Gasteiger partial charge in [-0.1, -0.05) is 41.6 Å². The molecule has 25 heavy (non-hydrogen) atoms. The number of hydrogen-bond donors (Lipinski definition) is 1. The number of aromatic nitrogens is 3. The second-order valence-electron chi connectivity index (χ2n) is 5.56. The highest BCUT2D eigenvalue weighted by Crippen LogP contribution is 2.24. The second-order valence-corrected chi connectivity index (χ2v) is 6.50. The first-order valence-corrected chi connectivity index (χ1v) is 9.08. The topological polar surface area (TPSA) is 73.0 Å². The number of nitrogens with one attached hydrogen (secondary N) is 1. The molecule has 0 saturated heterocycles. The Morgan fingerprint density at radius 2 is 2.04 bits per heavy atom. The molecule has 1 amide bonds. The summed E-state index contributed by atoms with van der Waals surface area (Å²) in [6.45, 7) is 5.23. The van der Waals surface area contributed by atoms with E-state index < -0.39 is 0 Å². The first kappa shape index (κ1) is 17.3. The van der Waals surface area contributed by atoms with Crippen molar-refractivity contribution in [3.05, 3.63) is 54.0 Å². The van der Waals surface area contributed by atoms with Gasteiger partial charge < -0.3 is 14.3 Å². The maximum absolute atomic E-state index is 12.0. The van der Waals surface area contributed by atoms with E-state index in [1.165, 1.54) is 17.3 Å². The lowest BCUT2D eigenvalue weighted by molar-refractivity contribution is -0.118. The van der Waals surface area contributed by atoms with Crippen LogP contribution in [0.1, 0.15) is 18.2 Å². The number of amides is 1. The van der Waals surface area contributed by atoms with Crippen molar-refractivity contribution in [1.29, 1.82) is 0 Å². The van der Waals surface area contributed by atoms with Crippen LogP contribution >= 0.6 is 11.8 Å². The molecule has 0 spiro atoms. The highest BCUT2D eigenvalue weighted by Gasteiger charge is 2.14. The van der Waals surface area contributed by atoms with E-state index in [1.54, 1.807) is 12.3 Å². The molecular formula is C18H20N4O2S. The Kier molecular flexibility index (Phi) is 5.55. The number of carbonyl (C=O) groups is 1. The van der Waals surface area contributed by atoms with Crippen molar-refractivity contribution in [2.75, 3.05) is 5.75 Å². The van der Waals surface area contributed by atoms with Gasteiger partial charge in [0.15, 0.2) is 11.0 Å². The SMILES string of the molecule is CCn1c(SCC(=O)NCc2ccco2)nnc1-c1ccc(C)cc1. The Balaban J connectivity index is 1.62. The zero-order chi connectivity index (χ0) is 17.6. The lowest BCUT2D eigenvalue weighted by Gasteiger charge is -2.07. The van der Waals surface area contributed by atoms with Gasteiger partial charge in [-0.2, -0.15) is 0 Å². The smallest absolute Gasteiger partial charge is 0.230 e. The summed E-state index contributed by atoms with van der Waals surface area (Å²) in [7, 11) is 0. The Labute approximate surface area is 150 Å². The summed E-state index contributed by atoms with van der Waals surface area (Å²) in [5.41, 5.74) is 2.23.